The monoisotopic (exact) mass is 721 g/mol. The van der Waals surface area contributed by atoms with Gasteiger partial charge in [-0.15, -0.1) is 0 Å². The molecule has 0 amide bonds. The minimum Gasteiger partial charge on any atom is -0.457 e. The van der Waals surface area contributed by atoms with Crippen molar-refractivity contribution < 1.29 is 19.4 Å². The molecule has 1 atom stereocenters. The molecule has 0 aromatic rings. The summed E-state index contributed by atoms with van der Waals surface area (Å²) >= 11 is 0. The van der Waals surface area contributed by atoms with E-state index >= 15 is 0 Å². The van der Waals surface area contributed by atoms with Gasteiger partial charge in [-0.25, -0.2) is 0 Å². The largest absolute Gasteiger partial charge is 0.457 e. The molecule has 0 aliphatic rings. The second kappa shape index (κ2) is 44.5. The first-order valence-electron chi connectivity index (χ1n) is 21.3. The molecular weight excluding hydrogens is 641 g/mol. The van der Waals surface area contributed by atoms with E-state index in [9.17, 15) is 9.90 Å². The summed E-state index contributed by atoms with van der Waals surface area (Å²) in [5.41, 5.74) is 0. The van der Waals surface area contributed by atoms with Crippen molar-refractivity contribution in [3.05, 3.63) is 97.2 Å². The third-order valence-corrected chi connectivity index (χ3v) is 8.64. The van der Waals surface area contributed by atoms with E-state index in [2.05, 4.69) is 111 Å². The quantitative estimate of drug-likeness (QED) is 0.0392. The van der Waals surface area contributed by atoms with Gasteiger partial charge in [0, 0.05) is 13.0 Å². The van der Waals surface area contributed by atoms with Crippen LogP contribution < -0.4 is 0 Å². The van der Waals surface area contributed by atoms with Crippen LogP contribution >= 0.6 is 0 Å². The molecule has 0 aliphatic heterocycles. The molecule has 0 aromatic carbocycles. The lowest BCUT2D eigenvalue weighted by Gasteiger charge is -2.15. The van der Waals surface area contributed by atoms with Crippen LogP contribution in [0.2, 0.25) is 0 Å². The molecule has 0 aromatic heterocycles. The summed E-state index contributed by atoms with van der Waals surface area (Å²) in [5.74, 6) is -0.224. The first-order chi connectivity index (χ1) is 25.7. The number of allylic oxidation sites excluding steroid dienone is 16. The van der Waals surface area contributed by atoms with Crippen LogP contribution in [0.4, 0.5) is 0 Å². The summed E-state index contributed by atoms with van der Waals surface area (Å²) in [5, 5.41) is 9.60. The van der Waals surface area contributed by atoms with E-state index in [1.165, 1.54) is 70.6 Å². The SMILES string of the molecule is CC/C=C\C/C=C\C/C=C\C/C=C\C/C=C\C/C=C\CCCCCCCCC(=O)OC(CO)COCCCCCCCC/C=C\C/C=C\CCCC. The van der Waals surface area contributed by atoms with E-state index in [0.717, 1.165) is 83.5 Å². The van der Waals surface area contributed by atoms with Crippen LogP contribution in [0.15, 0.2) is 97.2 Å². The Morgan fingerprint density at radius 2 is 0.865 bits per heavy atom. The van der Waals surface area contributed by atoms with Crippen molar-refractivity contribution in [2.24, 2.45) is 0 Å². The maximum absolute atomic E-state index is 12.2. The van der Waals surface area contributed by atoms with E-state index in [4.69, 9.17) is 9.47 Å². The van der Waals surface area contributed by atoms with Crippen LogP contribution in [0.3, 0.4) is 0 Å². The number of hydrogen-bond donors (Lipinski definition) is 1. The van der Waals surface area contributed by atoms with Crippen molar-refractivity contribution >= 4 is 5.97 Å². The summed E-state index contributed by atoms with van der Waals surface area (Å²) in [6, 6.07) is 0. The van der Waals surface area contributed by atoms with Crippen LogP contribution in [0.25, 0.3) is 0 Å². The summed E-state index contributed by atoms with van der Waals surface area (Å²) in [4.78, 5) is 12.2. The van der Waals surface area contributed by atoms with Gasteiger partial charge in [0.25, 0.3) is 0 Å². The van der Waals surface area contributed by atoms with Crippen molar-refractivity contribution in [1.82, 2.24) is 0 Å². The molecule has 0 bridgehead atoms. The smallest absolute Gasteiger partial charge is 0.306 e. The molecule has 4 nitrogen and oxygen atoms in total. The Morgan fingerprint density at radius 1 is 0.481 bits per heavy atom. The fraction of sp³-hybridized carbons (Fsp3) is 0.646. The zero-order valence-corrected chi connectivity index (χ0v) is 33.8. The predicted molar refractivity (Wildman–Crippen MR) is 228 cm³/mol. The number of carbonyl (C=O) groups is 1. The molecule has 0 spiro atoms. The van der Waals surface area contributed by atoms with Crippen LogP contribution in [0.1, 0.15) is 174 Å². The lowest BCUT2D eigenvalue weighted by atomic mass is 10.1. The van der Waals surface area contributed by atoms with Gasteiger partial charge >= 0.3 is 5.97 Å². The highest BCUT2D eigenvalue weighted by Crippen LogP contribution is 2.11. The Hall–Kier alpha value is -2.69. The summed E-state index contributed by atoms with van der Waals surface area (Å²) in [6.45, 7) is 5.14. The first kappa shape index (κ1) is 49.3. The molecule has 0 aliphatic carbocycles. The zero-order chi connectivity index (χ0) is 37.7. The van der Waals surface area contributed by atoms with Gasteiger partial charge in [0.05, 0.1) is 13.2 Å². The van der Waals surface area contributed by atoms with E-state index in [-0.39, 0.29) is 19.2 Å². The Bertz CT molecular complexity index is 980. The fourth-order valence-corrected chi connectivity index (χ4v) is 5.46. The van der Waals surface area contributed by atoms with Crippen molar-refractivity contribution in [3.63, 3.8) is 0 Å². The summed E-state index contributed by atoms with van der Waals surface area (Å²) in [7, 11) is 0. The summed E-state index contributed by atoms with van der Waals surface area (Å²) in [6.07, 6.45) is 63.1. The molecule has 0 radical (unpaired) electrons. The highest BCUT2D eigenvalue weighted by Gasteiger charge is 2.13. The third-order valence-electron chi connectivity index (χ3n) is 8.64. The van der Waals surface area contributed by atoms with Crippen LogP contribution in [-0.2, 0) is 14.3 Å². The Kier molecular flexibility index (Phi) is 42.2. The van der Waals surface area contributed by atoms with Gasteiger partial charge in [-0.1, -0.05) is 175 Å². The van der Waals surface area contributed by atoms with Crippen molar-refractivity contribution in [2.75, 3.05) is 19.8 Å². The van der Waals surface area contributed by atoms with E-state index in [1.54, 1.807) is 0 Å². The zero-order valence-electron chi connectivity index (χ0n) is 33.8. The number of carbonyl (C=O) groups excluding carboxylic acids is 1. The maximum Gasteiger partial charge on any atom is 0.306 e. The van der Waals surface area contributed by atoms with E-state index < -0.39 is 6.10 Å². The lowest BCUT2D eigenvalue weighted by Crippen LogP contribution is -2.27. The van der Waals surface area contributed by atoms with E-state index in [0.29, 0.717) is 13.0 Å². The van der Waals surface area contributed by atoms with Crippen LogP contribution in [0, 0.1) is 0 Å². The molecule has 0 fully saturated rings. The van der Waals surface area contributed by atoms with Crippen LogP contribution in [-0.4, -0.2) is 37.0 Å². The normalized spacial score (nSPS) is 13.4. The molecule has 0 saturated heterocycles. The number of esters is 1. The summed E-state index contributed by atoms with van der Waals surface area (Å²) < 4.78 is 11.1. The van der Waals surface area contributed by atoms with Crippen molar-refractivity contribution in [1.29, 1.82) is 0 Å². The molecule has 296 valence electrons. The average Bonchev–Trinajstić information content (AvgIpc) is 3.15. The minimum atomic E-state index is -0.554. The molecular formula is C48H80O4. The van der Waals surface area contributed by atoms with Crippen molar-refractivity contribution in [2.45, 2.75) is 180 Å². The van der Waals surface area contributed by atoms with Gasteiger partial charge in [-0.05, 0) is 89.9 Å². The molecule has 0 rings (SSSR count). The molecule has 52 heavy (non-hydrogen) atoms. The fourth-order valence-electron chi connectivity index (χ4n) is 5.46. The molecule has 1 unspecified atom stereocenters. The lowest BCUT2D eigenvalue weighted by molar-refractivity contribution is -0.154. The third kappa shape index (κ3) is 41.7. The number of hydrogen-bond acceptors (Lipinski definition) is 4. The van der Waals surface area contributed by atoms with Gasteiger partial charge in [0.2, 0.25) is 0 Å². The van der Waals surface area contributed by atoms with Crippen molar-refractivity contribution in [3.8, 4) is 0 Å². The Balaban J connectivity index is 3.55. The second-order valence-corrected chi connectivity index (χ2v) is 13.7. The van der Waals surface area contributed by atoms with Gasteiger partial charge in [-0.3, -0.25) is 4.79 Å². The topological polar surface area (TPSA) is 55.8 Å². The number of ether oxygens (including phenoxy) is 2. The molecule has 1 N–H and O–H groups in total. The van der Waals surface area contributed by atoms with Gasteiger partial charge in [0.15, 0.2) is 0 Å². The van der Waals surface area contributed by atoms with E-state index in [1.807, 2.05) is 0 Å². The minimum absolute atomic E-state index is 0.188. The van der Waals surface area contributed by atoms with Gasteiger partial charge < -0.3 is 14.6 Å². The average molecular weight is 721 g/mol. The highest BCUT2D eigenvalue weighted by atomic mass is 16.6. The standard InChI is InChI=1S/C48H80O4/c1-3-5-7-9-11-13-15-17-19-20-21-22-23-24-25-26-27-28-29-31-33-35-37-39-41-43-48(50)52-47(45-49)46-51-44-42-40-38-36-34-32-30-18-16-14-12-10-8-6-4-2/h5,7,10-13,16-19,21-22,24-25,27-28,47,49H,3-4,6,8-9,14-15,20,23,26,29-46H2,1-2H3/b7-5-,12-10-,13-11-,18-16-,19-17-,22-21-,25-24-,28-27-. The second-order valence-electron chi connectivity index (χ2n) is 13.7. The molecule has 4 heteroatoms. The number of aliphatic hydroxyl groups excluding tert-OH is 1. The predicted octanol–water partition coefficient (Wildman–Crippen LogP) is 14.1. The Labute approximate surface area is 322 Å². The number of rotatable bonds is 38. The number of unbranched alkanes of at least 4 members (excludes halogenated alkanes) is 14. The number of aliphatic hydroxyl groups is 1. The Morgan fingerprint density at radius 3 is 1.31 bits per heavy atom. The maximum atomic E-state index is 12.2. The molecule has 0 heterocycles. The molecule has 0 saturated carbocycles. The van der Waals surface area contributed by atoms with Crippen LogP contribution in [0.5, 0.6) is 0 Å². The van der Waals surface area contributed by atoms with Gasteiger partial charge in [-0.2, -0.15) is 0 Å². The highest BCUT2D eigenvalue weighted by molar-refractivity contribution is 5.69. The first-order valence-corrected chi connectivity index (χ1v) is 21.3. The van der Waals surface area contributed by atoms with Gasteiger partial charge in [0.1, 0.15) is 6.10 Å².